The molecule has 0 amide bonds. The van der Waals surface area contributed by atoms with Crippen LogP contribution in [0.1, 0.15) is 25.0 Å². The summed E-state index contributed by atoms with van der Waals surface area (Å²) in [5, 5.41) is 0. The molecule has 3 aromatic rings. The highest BCUT2D eigenvalue weighted by Gasteiger charge is 2.49. The number of hydrogen-bond donors (Lipinski definition) is 1. The molecule has 0 atom stereocenters. The minimum Gasteiger partial charge on any atom is -0.379 e. The van der Waals surface area contributed by atoms with E-state index < -0.39 is 5.54 Å². The van der Waals surface area contributed by atoms with Crippen molar-refractivity contribution in [3.8, 4) is 11.3 Å². The molecule has 1 spiro atoms. The van der Waals surface area contributed by atoms with E-state index in [1.165, 1.54) is 10.5 Å². The number of ether oxygens (including phenoxy) is 1. The Labute approximate surface area is 193 Å². The molecule has 5 rings (SSSR count). The minimum absolute atomic E-state index is 0.0290. The Kier molecular flexibility index (Phi) is 5.21. The number of nitrogens with zero attached hydrogens (tertiary/aromatic N) is 5. The Morgan fingerprint density at radius 1 is 1.09 bits per heavy atom. The molecule has 1 aromatic carbocycles. The maximum atomic E-state index is 6.26. The number of fused-ring (bicyclic) bond motifs is 2. The van der Waals surface area contributed by atoms with E-state index in [1.54, 1.807) is 18.1 Å². The first-order valence-electron chi connectivity index (χ1n) is 10.7. The van der Waals surface area contributed by atoms with Crippen molar-refractivity contribution < 1.29 is 4.74 Å². The van der Waals surface area contributed by atoms with Gasteiger partial charge in [-0.05, 0) is 75.3 Å². The van der Waals surface area contributed by atoms with Crippen molar-refractivity contribution in [3.63, 3.8) is 0 Å². The summed E-state index contributed by atoms with van der Waals surface area (Å²) < 4.78 is 7.71. The lowest BCUT2D eigenvalue weighted by atomic mass is 9.81. The smallest absolute Gasteiger partial charge is 0.229 e. The van der Waals surface area contributed by atoms with Gasteiger partial charge < -0.3 is 15.4 Å². The molecular weight excluding hydrogens is 420 g/mol. The summed E-state index contributed by atoms with van der Waals surface area (Å²) in [6, 6.07) is 10.6. The summed E-state index contributed by atoms with van der Waals surface area (Å²) in [5.74, 6) is 0.695. The van der Waals surface area contributed by atoms with Gasteiger partial charge in [-0.2, -0.15) is 0 Å². The van der Waals surface area contributed by atoms with Gasteiger partial charge in [0.15, 0.2) is 0 Å². The molecule has 2 aliphatic heterocycles. The van der Waals surface area contributed by atoms with E-state index in [9.17, 15) is 0 Å². The fraction of sp³-hybridized carbons (Fsp3) is 0.375. The number of nitrogens with two attached hydrogens (primary N) is 1. The van der Waals surface area contributed by atoms with Crippen LogP contribution >= 0.6 is 11.9 Å². The quantitative estimate of drug-likeness (QED) is 0.592. The molecule has 7 nitrogen and oxygen atoms in total. The molecular formula is C24H28N6OS. The normalized spacial score (nSPS) is 17.0. The SMILES string of the molecule is CN(C)Sc1ccc2c(c1)N(c1ncc(-c3cc(C(C)(C)N)ccn3)cn1)CC21COC1. The van der Waals surface area contributed by atoms with Crippen molar-refractivity contribution >= 4 is 23.6 Å². The van der Waals surface area contributed by atoms with Crippen LogP contribution in [0.25, 0.3) is 11.3 Å². The van der Waals surface area contributed by atoms with Gasteiger partial charge in [-0.3, -0.25) is 9.29 Å². The zero-order valence-electron chi connectivity index (χ0n) is 18.9. The van der Waals surface area contributed by atoms with E-state index >= 15 is 0 Å². The van der Waals surface area contributed by atoms with Gasteiger partial charge in [0.25, 0.3) is 0 Å². The molecule has 0 bridgehead atoms. The Hall–Kier alpha value is -2.52. The zero-order valence-corrected chi connectivity index (χ0v) is 19.7. The fourth-order valence-electron chi connectivity index (χ4n) is 4.28. The van der Waals surface area contributed by atoms with Crippen molar-refractivity contribution in [2.45, 2.75) is 29.7 Å². The second kappa shape index (κ2) is 7.81. The number of anilines is 2. The van der Waals surface area contributed by atoms with Crippen molar-refractivity contribution in [3.05, 3.63) is 60.0 Å². The highest BCUT2D eigenvalue weighted by molar-refractivity contribution is 7.97. The summed E-state index contributed by atoms with van der Waals surface area (Å²) in [6.45, 7) is 6.27. The van der Waals surface area contributed by atoms with Crippen LogP contribution in [0, 0.1) is 0 Å². The third kappa shape index (κ3) is 3.77. The fourth-order valence-corrected chi connectivity index (χ4v) is 4.99. The van der Waals surface area contributed by atoms with Crippen molar-refractivity contribution in [1.29, 1.82) is 0 Å². The van der Waals surface area contributed by atoms with Gasteiger partial charge in [0.2, 0.25) is 5.95 Å². The monoisotopic (exact) mass is 448 g/mol. The Balaban J connectivity index is 1.47. The molecule has 1 saturated heterocycles. The molecule has 0 radical (unpaired) electrons. The summed E-state index contributed by atoms with van der Waals surface area (Å²) in [6.07, 6.45) is 5.48. The van der Waals surface area contributed by atoms with Gasteiger partial charge in [-0.25, -0.2) is 9.97 Å². The lowest BCUT2D eigenvalue weighted by molar-refractivity contribution is -0.0507. The maximum absolute atomic E-state index is 6.26. The van der Waals surface area contributed by atoms with E-state index in [2.05, 4.69) is 32.4 Å². The van der Waals surface area contributed by atoms with Crippen LogP contribution in [-0.2, 0) is 15.7 Å². The van der Waals surface area contributed by atoms with Crippen LogP contribution < -0.4 is 10.6 Å². The molecule has 4 heterocycles. The average molecular weight is 449 g/mol. The summed E-state index contributed by atoms with van der Waals surface area (Å²) in [5.41, 5.74) is 11.1. The van der Waals surface area contributed by atoms with Crippen LogP contribution in [0.4, 0.5) is 11.6 Å². The number of benzene rings is 1. The summed E-state index contributed by atoms with van der Waals surface area (Å²) >= 11 is 1.71. The molecule has 1 fully saturated rings. The average Bonchev–Trinajstić information content (AvgIpc) is 3.08. The van der Waals surface area contributed by atoms with Crippen LogP contribution in [0.5, 0.6) is 0 Å². The third-order valence-corrected chi connectivity index (χ3v) is 6.85. The molecule has 166 valence electrons. The van der Waals surface area contributed by atoms with Crippen molar-refractivity contribution in [2.24, 2.45) is 5.73 Å². The molecule has 0 aliphatic carbocycles. The predicted octanol–water partition coefficient (Wildman–Crippen LogP) is 3.72. The van der Waals surface area contributed by atoms with Crippen molar-refractivity contribution in [1.82, 2.24) is 19.3 Å². The minimum atomic E-state index is -0.431. The lowest BCUT2D eigenvalue weighted by Crippen LogP contribution is -2.49. The number of hydrogen-bond acceptors (Lipinski definition) is 8. The first kappa shape index (κ1) is 21.3. The lowest BCUT2D eigenvalue weighted by Gasteiger charge is -2.38. The Morgan fingerprint density at radius 2 is 1.84 bits per heavy atom. The zero-order chi connectivity index (χ0) is 22.5. The second-order valence-electron chi connectivity index (χ2n) is 9.37. The Morgan fingerprint density at radius 3 is 2.47 bits per heavy atom. The van der Waals surface area contributed by atoms with E-state index in [-0.39, 0.29) is 5.41 Å². The first-order valence-corrected chi connectivity index (χ1v) is 11.5. The first-order chi connectivity index (χ1) is 15.2. The van der Waals surface area contributed by atoms with E-state index in [1.807, 2.05) is 52.5 Å². The van der Waals surface area contributed by atoms with Gasteiger partial charge in [0, 0.05) is 46.8 Å². The van der Waals surface area contributed by atoms with Crippen LogP contribution in [0.3, 0.4) is 0 Å². The maximum Gasteiger partial charge on any atom is 0.229 e. The Bertz CT molecular complexity index is 1140. The van der Waals surface area contributed by atoms with Gasteiger partial charge in [-0.15, -0.1) is 0 Å². The molecule has 2 N–H and O–H groups in total. The summed E-state index contributed by atoms with van der Waals surface area (Å²) in [7, 11) is 4.10. The number of rotatable bonds is 5. The summed E-state index contributed by atoms with van der Waals surface area (Å²) in [4.78, 5) is 17.4. The van der Waals surface area contributed by atoms with Crippen LogP contribution in [0.15, 0.2) is 53.8 Å². The van der Waals surface area contributed by atoms with E-state index in [0.29, 0.717) is 5.95 Å². The highest BCUT2D eigenvalue weighted by Crippen LogP contribution is 2.48. The molecule has 0 unspecified atom stereocenters. The molecule has 2 aliphatic rings. The number of pyridine rings is 1. The molecule has 32 heavy (non-hydrogen) atoms. The standard InChI is InChI=1S/C24H28N6OS/c1-23(2,25)17-7-8-26-20(9-17)16-11-27-22(28-12-16)30-13-24(14-31-15-24)19-6-5-18(10-21(19)30)32-29(3)4/h5-12H,13-15,25H2,1-4H3. The van der Waals surface area contributed by atoms with Crippen LogP contribution in [0.2, 0.25) is 0 Å². The van der Waals surface area contributed by atoms with Gasteiger partial charge in [0.1, 0.15) is 0 Å². The van der Waals surface area contributed by atoms with Gasteiger partial charge >= 0.3 is 0 Å². The highest BCUT2D eigenvalue weighted by atomic mass is 32.2. The number of aromatic nitrogens is 3. The van der Waals surface area contributed by atoms with E-state index in [4.69, 9.17) is 20.4 Å². The van der Waals surface area contributed by atoms with Gasteiger partial charge in [-0.1, -0.05) is 6.07 Å². The predicted molar refractivity (Wildman–Crippen MR) is 128 cm³/mol. The van der Waals surface area contributed by atoms with E-state index in [0.717, 1.165) is 42.3 Å². The topological polar surface area (TPSA) is 80.4 Å². The molecule has 8 heteroatoms. The largest absolute Gasteiger partial charge is 0.379 e. The van der Waals surface area contributed by atoms with Gasteiger partial charge in [0.05, 0.1) is 24.3 Å². The molecule has 2 aromatic heterocycles. The second-order valence-corrected chi connectivity index (χ2v) is 10.7. The third-order valence-electron chi connectivity index (χ3n) is 6.02. The van der Waals surface area contributed by atoms with Crippen molar-refractivity contribution in [2.75, 3.05) is 38.8 Å². The van der Waals surface area contributed by atoms with Crippen LogP contribution in [-0.4, -0.2) is 53.1 Å². The molecule has 0 saturated carbocycles.